The third-order valence-corrected chi connectivity index (χ3v) is 6.29. The largest absolute Gasteiger partial charge is 0.494 e. The molecule has 4 rings (SSSR count). The zero-order valence-corrected chi connectivity index (χ0v) is 20.3. The van der Waals surface area contributed by atoms with E-state index in [0.29, 0.717) is 29.4 Å². The van der Waals surface area contributed by atoms with Crippen LogP contribution < -0.4 is 10.1 Å². The first-order valence-corrected chi connectivity index (χ1v) is 12.1. The maximum atomic E-state index is 12.9. The number of hydrogen-bond donors (Lipinski definition) is 1. The van der Waals surface area contributed by atoms with Crippen molar-refractivity contribution in [3.63, 3.8) is 0 Å². The summed E-state index contributed by atoms with van der Waals surface area (Å²) in [5.74, 6) is 1.41. The lowest BCUT2D eigenvalue weighted by molar-refractivity contribution is -0.115. The molecule has 0 saturated heterocycles. The summed E-state index contributed by atoms with van der Waals surface area (Å²) in [4.78, 5) is 12.9. The van der Waals surface area contributed by atoms with Crippen LogP contribution in [0.1, 0.15) is 30.8 Å². The van der Waals surface area contributed by atoms with E-state index in [9.17, 15) is 4.79 Å². The van der Waals surface area contributed by atoms with Gasteiger partial charge in [-0.1, -0.05) is 42.1 Å². The molecule has 0 aliphatic rings. The number of ether oxygens (including phenoxy) is 1. The van der Waals surface area contributed by atoms with Gasteiger partial charge in [-0.05, 0) is 67.9 Å². The number of amides is 1. The highest BCUT2D eigenvalue weighted by Gasteiger charge is 2.21. The van der Waals surface area contributed by atoms with E-state index in [1.807, 2.05) is 60.9 Å². The molecule has 1 N–H and O–H groups in total. The summed E-state index contributed by atoms with van der Waals surface area (Å²) in [5.41, 5.74) is 3.20. The van der Waals surface area contributed by atoms with Crippen LogP contribution in [0, 0.1) is 11.3 Å². The summed E-state index contributed by atoms with van der Waals surface area (Å²) in [6.45, 7) is 4.38. The van der Waals surface area contributed by atoms with E-state index in [0.717, 1.165) is 22.8 Å². The molecule has 3 aromatic carbocycles. The van der Waals surface area contributed by atoms with Gasteiger partial charge in [-0.25, -0.2) is 0 Å². The summed E-state index contributed by atoms with van der Waals surface area (Å²) in [5, 5.41) is 20.9. The standard InChI is InChI=1S/C27H25N5O2S/c1-3-34-24-15-13-23(14-16-24)32-25(17-20-7-5-4-6-8-20)30-31-27(32)35-19(2)26(33)29-22-11-9-21(18-28)10-12-22/h4-16,19H,3,17H2,1-2H3,(H,29,33). The molecule has 7 nitrogen and oxygen atoms in total. The number of carbonyl (C=O) groups is 1. The highest BCUT2D eigenvalue weighted by Crippen LogP contribution is 2.28. The molecule has 0 spiro atoms. The van der Waals surface area contributed by atoms with Crippen LogP contribution in [0.3, 0.4) is 0 Å². The van der Waals surface area contributed by atoms with Crippen molar-refractivity contribution in [2.24, 2.45) is 0 Å². The van der Waals surface area contributed by atoms with E-state index in [2.05, 4.69) is 33.7 Å². The molecule has 1 amide bonds. The first-order chi connectivity index (χ1) is 17.1. The maximum absolute atomic E-state index is 12.9. The lowest BCUT2D eigenvalue weighted by Crippen LogP contribution is -2.23. The van der Waals surface area contributed by atoms with Gasteiger partial charge in [0, 0.05) is 17.8 Å². The van der Waals surface area contributed by atoms with E-state index in [1.54, 1.807) is 24.3 Å². The molecule has 0 aliphatic heterocycles. The highest BCUT2D eigenvalue weighted by atomic mass is 32.2. The number of nitrogens with zero attached hydrogens (tertiary/aromatic N) is 4. The first-order valence-electron chi connectivity index (χ1n) is 11.3. The van der Waals surface area contributed by atoms with Crippen LogP contribution >= 0.6 is 11.8 Å². The molecule has 1 heterocycles. The average molecular weight is 484 g/mol. The summed E-state index contributed by atoms with van der Waals surface area (Å²) >= 11 is 1.34. The lowest BCUT2D eigenvalue weighted by atomic mass is 10.1. The zero-order chi connectivity index (χ0) is 24.6. The molecular formula is C27H25N5O2S. The molecule has 35 heavy (non-hydrogen) atoms. The van der Waals surface area contributed by atoms with E-state index in [4.69, 9.17) is 10.00 Å². The topological polar surface area (TPSA) is 92.8 Å². The lowest BCUT2D eigenvalue weighted by Gasteiger charge is -2.14. The molecule has 0 saturated carbocycles. The van der Waals surface area contributed by atoms with Crippen LogP contribution in [-0.2, 0) is 11.2 Å². The van der Waals surface area contributed by atoms with E-state index < -0.39 is 5.25 Å². The second-order valence-electron chi connectivity index (χ2n) is 7.76. The van der Waals surface area contributed by atoms with Gasteiger partial charge in [0.15, 0.2) is 5.16 Å². The number of hydrogen-bond acceptors (Lipinski definition) is 6. The number of benzene rings is 3. The van der Waals surface area contributed by atoms with Crippen molar-refractivity contribution in [2.45, 2.75) is 30.7 Å². The van der Waals surface area contributed by atoms with Crippen LogP contribution in [-0.4, -0.2) is 32.5 Å². The number of nitriles is 1. The Morgan fingerprint density at radius 3 is 2.43 bits per heavy atom. The molecule has 0 radical (unpaired) electrons. The fourth-order valence-electron chi connectivity index (χ4n) is 3.47. The Balaban J connectivity index is 1.58. The molecule has 4 aromatic rings. The molecule has 0 bridgehead atoms. The van der Waals surface area contributed by atoms with E-state index >= 15 is 0 Å². The number of carbonyl (C=O) groups excluding carboxylic acids is 1. The Morgan fingerprint density at radius 2 is 1.77 bits per heavy atom. The normalized spacial score (nSPS) is 11.5. The molecule has 1 atom stereocenters. The van der Waals surface area contributed by atoms with Crippen molar-refractivity contribution in [3.05, 3.63) is 95.8 Å². The molecule has 0 fully saturated rings. The maximum Gasteiger partial charge on any atom is 0.237 e. The molecule has 1 aromatic heterocycles. The molecule has 8 heteroatoms. The second kappa shape index (κ2) is 11.4. The number of anilines is 1. The minimum absolute atomic E-state index is 0.162. The van der Waals surface area contributed by atoms with Gasteiger partial charge in [0.1, 0.15) is 11.6 Å². The van der Waals surface area contributed by atoms with Crippen molar-refractivity contribution in [3.8, 4) is 17.5 Å². The van der Waals surface area contributed by atoms with Gasteiger partial charge in [-0.15, -0.1) is 10.2 Å². The van der Waals surface area contributed by atoms with Gasteiger partial charge >= 0.3 is 0 Å². The first kappa shape index (κ1) is 24.0. The second-order valence-corrected chi connectivity index (χ2v) is 9.07. The summed E-state index contributed by atoms with van der Waals surface area (Å²) in [6, 6.07) is 26.7. The third-order valence-electron chi connectivity index (χ3n) is 5.24. The molecular weight excluding hydrogens is 458 g/mol. The Kier molecular flexibility index (Phi) is 7.81. The number of nitrogens with one attached hydrogen (secondary N) is 1. The minimum Gasteiger partial charge on any atom is -0.494 e. The number of thioether (sulfide) groups is 1. The van der Waals surface area contributed by atoms with Gasteiger partial charge in [-0.2, -0.15) is 5.26 Å². The smallest absolute Gasteiger partial charge is 0.237 e. The van der Waals surface area contributed by atoms with Crippen LogP contribution in [0.25, 0.3) is 5.69 Å². The van der Waals surface area contributed by atoms with Crippen LogP contribution in [0.15, 0.2) is 84.0 Å². The van der Waals surface area contributed by atoms with Crippen LogP contribution in [0.4, 0.5) is 5.69 Å². The number of rotatable bonds is 9. The Hall–Kier alpha value is -4.09. The Bertz CT molecular complexity index is 1310. The van der Waals surface area contributed by atoms with E-state index in [1.165, 1.54) is 11.8 Å². The van der Waals surface area contributed by atoms with Gasteiger partial charge in [0.25, 0.3) is 0 Å². The predicted molar refractivity (Wildman–Crippen MR) is 137 cm³/mol. The minimum atomic E-state index is -0.430. The van der Waals surface area contributed by atoms with E-state index in [-0.39, 0.29) is 5.91 Å². The number of aromatic nitrogens is 3. The SMILES string of the molecule is CCOc1ccc(-n2c(Cc3ccccc3)nnc2SC(C)C(=O)Nc2ccc(C#N)cc2)cc1. The molecule has 0 aliphatic carbocycles. The van der Waals surface area contributed by atoms with Crippen molar-refractivity contribution in [2.75, 3.05) is 11.9 Å². The quantitative estimate of drug-likeness (QED) is 0.327. The molecule has 1 unspecified atom stereocenters. The van der Waals surface area contributed by atoms with Crippen molar-refractivity contribution < 1.29 is 9.53 Å². The van der Waals surface area contributed by atoms with Crippen LogP contribution in [0.2, 0.25) is 0 Å². The Labute approximate surface area is 208 Å². The monoisotopic (exact) mass is 483 g/mol. The summed E-state index contributed by atoms with van der Waals surface area (Å²) in [6.07, 6.45) is 0.605. The van der Waals surface area contributed by atoms with Gasteiger partial charge in [0.05, 0.1) is 23.5 Å². The fourth-order valence-corrected chi connectivity index (χ4v) is 4.36. The predicted octanol–water partition coefficient (Wildman–Crippen LogP) is 5.25. The van der Waals surface area contributed by atoms with Gasteiger partial charge in [0.2, 0.25) is 5.91 Å². The van der Waals surface area contributed by atoms with Crippen molar-refractivity contribution in [1.29, 1.82) is 5.26 Å². The van der Waals surface area contributed by atoms with Gasteiger partial charge < -0.3 is 10.1 Å². The fraction of sp³-hybridized carbons (Fsp3) is 0.185. The van der Waals surface area contributed by atoms with Gasteiger partial charge in [-0.3, -0.25) is 9.36 Å². The third kappa shape index (κ3) is 6.08. The molecule has 176 valence electrons. The van der Waals surface area contributed by atoms with Crippen LogP contribution in [0.5, 0.6) is 5.75 Å². The van der Waals surface area contributed by atoms with Crippen molar-refractivity contribution >= 4 is 23.4 Å². The highest BCUT2D eigenvalue weighted by molar-refractivity contribution is 8.00. The summed E-state index contributed by atoms with van der Waals surface area (Å²) in [7, 11) is 0. The zero-order valence-electron chi connectivity index (χ0n) is 19.5. The average Bonchev–Trinajstić information content (AvgIpc) is 3.27. The Morgan fingerprint density at radius 1 is 1.06 bits per heavy atom. The summed E-state index contributed by atoms with van der Waals surface area (Å²) < 4.78 is 7.57. The van der Waals surface area contributed by atoms with Crippen molar-refractivity contribution in [1.82, 2.24) is 14.8 Å².